The Morgan fingerprint density at radius 3 is 2.33 bits per heavy atom. The Morgan fingerprint density at radius 2 is 1.72 bits per heavy atom. The van der Waals surface area contributed by atoms with Gasteiger partial charge in [0.2, 0.25) is 0 Å². The van der Waals surface area contributed by atoms with E-state index in [9.17, 15) is 0 Å². The van der Waals surface area contributed by atoms with Crippen LogP contribution in [0.15, 0.2) is 55.1 Å². The van der Waals surface area contributed by atoms with Gasteiger partial charge in [-0.2, -0.15) is 0 Å². The second-order valence-corrected chi connectivity index (χ2v) is 4.18. The number of rotatable bonds is 4. The molecule has 0 spiro atoms. The zero-order valence-electron chi connectivity index (χ0n) is 10.7. The average molecular weight is 239 g/mol. The van der Waals surface area contributed by atoms with Crippen LogP contribution >= 0.6 is 0 Å². The van der Waals surface area contributed by atoms with Crippen molar-refractivity contribution in [3.05, 3.63) is 60.7 Å². The van der Waals surface area contributed by atoms with Crippen LogP contribution in [0.5, 0.6) is 5.75 Å². The molecule has 0 fully saturated rings. The Morgan fingerprint density at radius 1 is 1.06 bits per heavy atom. The minimum Gasteiger partial charge on any atom is -0.497 e. The number of benzene rings is 2. The molecule has 2 aromatic carbocycles. The van der Waals surface area contributed by atoms with E-state index in [1.165, 1.54) is 0 Å². The van der Waals surface area contributed by atoms with E-state index in [1.54, 1.807) is 7.11 Å². The minimum atomic E-state index is 0.855. The number of hydrogen-bond acceptors (Lipinski definition) is 2. The molecule has 2 rings (SSSR count). The highest BCUT2D eigenvalue weighted by molar-refractivity contribution is 5.77. The summed E-state index contributed by atoms with van der Waals surface area (Å²) in [5.74, 6) is 0.855. The molecule has 18 heavy (non-hydrogen) atoms. The van der Waals surface area contributed by atoms with Crippen LogP contribution in [0.4, 0.5) is 11.4 Å². The van der Waals surface area contributed by atoms with Gasteiger partial charge in [-0.05, 0) is 42.8 Å². The van der Waals surface area contributed by atoms with Gasteiger partial charge in [-0.15, -0.1) is 0 Å². The Bertz CT molecular complexity index is 543. The van der Waals surface area contributed by atoms with Crippen molar-refractivity contribution in [1.29, 1.82) is 0 Å². The van der Waals surface area contributed by atoms with E-state index in [1.807, 2.05) is 49.4 Å². The van der Waals surface area contributed by atoms with Gasteiger partial charge < -0.3 is 10.1 Å². The predicted octanol–water partition coefficient (Wildman–Crippen LogP) is 4.47. The van der Waals surface area contributed by atoms with E-state index in [4.69, 9.17) is 4.74 Å². The largest absolute Gasteiger partial charge is 0.497 e. The second kappa shape index (κ2) is 5.41. The molecule has 0 amide bonds. The first kappa shape index (κ1) is 12.2. The Balaban J connectivity index is 2.25. The Hall–Kier alpha value is -2.22. The fourth-order valence-corrected chi connectivity index (χ4v) is 1.79. The fourth-order valence-electron chi connectivity index (χ4n) is 1.79. The van der Waals surface area contributed by atoms with Gasteiger partial charge in [0.1, 0.15) is 5.75 Å². The highest BCUT2D eigenvalue weighted by Crippen LogP contribution is 2.26. The highest BCUT2D eigenvalue weighted by Gasteiger charge is 2.02. The molecule has 0 heterocycles. The highest BCUT2D eigenvalue weighted by atomic mass is 16.5. The smallest absolute Gasteiger partial charge is 0.119 e. The number of anilines is 2. The Kier molecular flexibility index (Phi) is 3.68. The van der Waals surface area contributed by atoms with Crippen LogP contribution in [0.1, 0.15) is 12.5 Å². The quantitative estimate of drug-likeness (QED) is 0.849. The summed E-state index contributed by atoms with van der Waals surface area (Å²) >= 11 is 0. The fraction of sp³-hybridized carbons (Fsp3) is 0.125. The van der Waals surface area contributed by atoms with E-state index in [-0.39, 0.29) is 0 Å². The maximum atomic E-state index is 5.14. The molecule has 0 unspecified atom stereocenters. The molecule has 2 heteroatoms. The third-order valence-electron chi connectivity index (χ3n) is 2.76. The monoisotopic (exact) mass is 239 g/mol. The van der Waals surface area contributed by atoms with Gasteiger partial charge in [0.15, 0.2) is 0 Å². The lowest BCUT2D eigenvalue weighted by Crippen LogP contribution is -1.94. The summed E-state index contributed by atoms with van der Waals surface area (Å²) in [7, 11) is 1.67. The maximum absolute atomic E-state index is 5.14. The van der Waals surface area contributed by atoms with Crippen LogP contribution in [0.25, 0.3) is 5.57 Å². The zero-order valence-corrected chi connectivity index (χ0v) is 10.7. The standard InChI is InChI=1S/C16H17NO/c1-12(2)15-6-4-5-7-16(15)17-13-8-10-14(18-3)11-9-13/h4-11,17H,1H2,2-3H3. The van der Waals surface area contributed by atoms with Crippen molar-refractivity contribution in [2.75, 3.05) is 12.4 Å². The van der Waals surface area contributed by atoms with E-state index in [2.05, 4.69) is 18.0 Å². The molecular formula is C16H17NO. The molecule has 0 aromatic heterocycles. The molecule has 1 N–H and O–H groups in total. The van der Waals surface area contributed by atoms with Crippen molar-refractivity contribution in [2.24, 2.45) is 0 Å². The Labute approximate surface area is 108 Å². The second-order valence-electron chi connectivity index (χ2n) is 4.18. The lowest BCUT2D eigenvalue weighted by Gasteiger charge is -2.12. The van der Waals surface area contributed by atoms with Crippen LogP contribution < -0.4 is 10.1 Å². The molecular weight excluding hydrogens is 222 g/mol. The maximum Gasteiger partial charge on any atom is 0.119 e. The summed E-state index contributed by atoms with van der Waals surface area (Å²) in [6.07, 6.45) is 0. The first-order valence-electron chi connectivity index (χ1n) is 5.86. The van der Waals surface area contributed by atoms with Crippen molar-refractivity contribution in [3.8, 4) is 5.75 Å². The van der Waals surface area contributed by atoms with Gasteiger partial charge >= 0.3 is 0 Å². The molecule has 2 nitrogen and oxygen atoms in total. The van der Waals surface area contributed by atoms with Gasteiger partial charge in [-0.25, -0.2) is 0 Å². The number of para-hydroxylation sites is 1. The van der Waals surface area contributed by atoms with Gasteiger partial charge in [0.25, 0.3) is 0 Å². The third-order valence-corrected chi connectivity index (χ3v) is 2.76. The van der Waals surface area contributed by atoms with Crippen LogP contribution in [-0.4, -0.2) is 7.11 Å². The molecule has 0 atom stereocenters. The summed E-state index contributed by atoms with van der Waals surface area (Å²) in [6, 6.07) is 16.0. The first-order valence-corrected chi connectivity index (χ1v) is 5.86. The van der Waals surface area contributed by atoms with E-state index in [0.717, 1.165) is 28.3 Å². The number of allylic oxidation sites excluding steroid dienone is 1. The predicted molar refractivity (Wildman–Crippen MR) is 77.4 cm³/mol. The normalized spacial score (nSPS) is 9.89. The van der Waals surface area contributed by atoms with Crippen LogP contribution in [0.2, 0.25) is 0 Å². The SMILES string of the molecule is C=C(C)c1ccccc1Nc1ccc(OC)cc1. The molecule has 0 aliphatic heterocycles. The first-order chi connectivity index (χ1) is 8.70. The lowest BCUT2D eigenvalue weighted by atomic mass is 10.1. The molecule has 0 bridgehead atoms. The molecule has 0 saturated carbocycles. The number of hydrogen-bond donors (Lipinski definition) is 1. The number of ether oxygens (including phenoxy) is 1. The molecule has 0 radical (unpaired) electrons. The molecule has 92 valence electrons. The van der Waals surface area contributed by atoms with Gasteiger partial charge in [-0.1, -0.05) is 24.8 Å². The number of nitrogens with one attached hydrogen (secondary N) is 1. The van der Waals surface area contributed by atoms with Crippen LogP contribution in [0, 0.1) is 0 Å². The van der Waals surface area contributed by atoms with Crippen molar-refractivity contribution in [2.45, 2.75) is 6.92 Å². The van der Waals surface area contributed by atoms with Gasteiger partial charge in [0, 0.05) is 16.9 Å². The van der Waals surface area contributed by atoms with E-state index < -0.39 is 0 Å². The van der Waals surface area contributed by atoms with Gasteiger partial charge in [-0.3, -0.25) is 0 Å². The van der Waals surface area contributed by atoms with Crippen molar-refractivity contribution in [3.63, 3.8) is 0 Å². The van der Waals surface area contributed by atoms with Crippen molar-refractivity contribution < 1.29 is 4.74 Å². The average Bonchev–Trinajstić information content (AvgIpc) is 2.40. The molecule has 0 aliphatic carbocycles. The summed E-state index contributed by atoms with van der Waals surface area (Å²) in [5.41, 5.74) is 4.28. The molecule has 0 saturated heterocycles. The van der Waals surface area contributed by atoms with Gasteiger partial charge in [0.05, 0.1) is 7.11 Å². The zero-order chi connectivity index (χ0) is 13.0. The topological polar surface area (TPSA) is 21.3 Å². The molecule has 0 aliphatic rings. The van der Waals surface area contributed by atoms with Crippen molar-refractivity contribution in [1.82, 2.24) is 0 Å². The summed E-state index contributed by atoms with van der Waals surface area (Å²) < 4.78 is 5.14. The molecule has 2 aromatic rings. The van der Waals surface area contributed by atoms with Crippen molar-refractivity contribution >= 4 is 16.9 Å². The number of methoxy groups -OCH3 is 1. The lowest BCUT2D eigenvalue weighted by molar-refractivity contribution is 0.415. The van der Waals surface area contributed by atoms with E-state index >= 15 is 0 Å². The summed E-state index contributed by atoms with van der Waals surface area (Å²) in [6.45, 7) is 6.00. The summed E-state index contributed by atoms with van der Waals surface area (Å²) in [4.78, 5) is 0. The summed E-state index contributed by atoms with van der Waals surface area (Å²) in [5, 5.41) is 3.39. The van der Waals surface area contributed by atoms with Crippen LogP contribution in [-0.2, 0) is 0 Å². The van der Waals surface area contributed by atoms with Crippen LogP contribution in [0.3, 0.4) is 0 Å². The van der Waals surface area contributed by atoms with E-state index in [0.29, 0.717) is 0 Å². The minimum absolute atomic E-state index is 0.855. The third kappa shape index (κ3) is 2.72.